The molecule has 0 saturated heterocycles. The molecule has 4 N–H and O–H groups in total. The fourth-order valence-electron chi connectivity index (χ4n) is 1.60. The van der Waals surface area contributed by atoms with E-state index in [9.17, 15) is 19.5 Å². The number of hydrogen-bond acceptors (Lipinski definition) is 5. The maximum Gasteiger partial charge on any atom is 1.00 e. The van der Waals surface area contributed by atoms with Gasteiger partial charge in [-0.3, -0.25) is 9.59 Å². The molecule has 1 amide bonds. The molecule has 0 saturated carbocycles. The molecular weight excluding hydrogens is 303 g/mol. The van der Waals surface area contributed by atoms with Gasteiger partial charge in [0.25, 0.3) is 0 Å². The van der Waals surface area contributed by atoms with Crippen molar-refractivity contribution in [2.24, 2.45) is 5.73 Å². The first-order chi connectivity index (χ1) is 9.40. The van der Waals surface area contributed by atoms with Crippen LogP contribution in [0.25, 0.3) is 0 Å². The first-order valence-electron chi connectivity index (χ1n) is 5.92. The van der Waals surface area contributed by atoms with Crippen LogP contribution in [0.2, 0.25) is 0 Å². The van der Waals surface area contributed by atoms with Crippen LogP contribution >= 0.6 is 0 Å². The second kappa shape index (κ2) is 10.0. The molecule has 21 heavy (non-hydrogen) atoms. The van der Waals surface area contributed by atoms with E-state index in [1.54, 1.807) is 30.3 Å². The first-order valence-corrected chi connectivity index (χ1v) is 5.92. The largest absolute Gasteiger partial charge is 1.00 e. The third-order valence-corrected chi connectivity index (χ3v) is 2.61. The molecule has 0 heterocycles. The van der Waals surface area contributed by atoms with E-state index in [-0.39, 0.29) is 57.8 Å². The molecule has 0 bridgehead atoms. The summed E-state index contributed by atoms with van der Waals surface area (Å²) in [5.74, 6) is -3.53. The van der Waals surface area contributed by atoms with Gasteiger partial charge in [0.1, 0.15) is 0 Å². The average molecular weight is 318 g/mol. The predicted molar refractivity (Wildman–Crippen MR) is 67.3 cm³/mol. The van der Waals surface area contributed by atoms with Crippen molar-refractivity contribution in [3.8, 4) is 0 Å². The van der Waals surface area contributed by atoms with Gasteiger partial charge in [-0.1, -0.05) is 30.3 Å². The van der Waals surface area contributed by atoms with Crippen molar-refractivity contribution in [1.82, 2.24) is 5.32 Å². The van der Waals surface area contributed by atoms with E-state index >= 15 is 0 Å². The van der Waals surface area contributed by atoms with E-state index in [1.165, 1.54) is 0 Å². The van der Waals surface area contributed by atoms with Gasteiger partial charge in [0, 0.05) is 0 Å². The van der Waals surface area contributed by atoms with Crippen molar-refractivity contribution >= 4 is 17.8 Å². The Hall–Kier alpha value is -0.774. The quantitative estimate of drug-likeness (QED) is 0.433. The number of carbonyl (C=O) groups excluding carboxylic acids is 2. The second-order valence-electron chi connectivity index (χ2n) is 4.27. The fourth-order valence-corrected chi connectivity index (χ4v) is 1.60. The molecule has 0 unspecified atom stereocenters. The summed E-state index contributed by atoms with van der Waals surface area (Å²) in [5, 5.41) is 21.7. The van der Waals surface area contributed by atoms with Crippen molar-refractivity contribution < 1.29 is 76.0 Å². The van der Waals surface area contributed by atoms with Crippen LogP contribution in [-0.2, 0) is 20.8 Å². The van der Waals surface area contributed by atoms with Crippen molar-refractivity contribution in [3.63, 3.8) is 0 Å². The predicted octanol–water partition coefficient (Wildman–Crippen LogP) is -4.73. The van der Waals surface area contributed by atoms with Crippen LogP contribution in [0.1, 0.15) is 12.0 Å². The molecule has 2 atom stereocenters. The van der Waals surface area contributed by atoms with E-state index < -0.39 is 36.4 Å². The minimum Gasteiger partial charge on any atom is -0.548 e. The molecule has 0 aromatic heterocycles. The fraction of sp³-hybridized carbons (Fsp3) is 0.308. The van der Waals surface area contributed by atoms with Crippen LogP contribution in [0.5, 0.6) is 0 Å². The number of carboxylic acids is 2. The topological polar surface area (TPSA) is 133 Å². The number of carbonyl (C=O) groups is 3. The van der Waals surface area contributed by atoms with Gasteiger partial charge >= 0.3 is 57.4 Å². The summed E-state index contributed by atoms with van der Waals surface area (Å²) in [6.45, 7) is 0. The Morgan fingerprint density at radius 3 is 2.29 bits per heavy atom. The Morgan fingerprint density at radius 2 is 1.81 bits per heavy atom. The molecule has 1 aromatic rings. The number of amides is 1. The number of rotatable bonds is 7. The van der Waals surface area contributed by atoms with E-state index in [0.29, 0.717) is 5.56 Å². The molecule has 0 aliphatic carbocycles. The number of nitrogens with one attached hydrogen (secondary N) is 1. The number of benzene rings is 1. The zero-order chi connectivity index (χ0) is 15.1. The van der Waals surface area contributed by atoms with E-state index in [1.807, 2.05) is 0 Å². The van der Waals surface area contributed by atoms with E-state index in [4.69, 9.17) is 10.8 Å². The Bertz CT molecular complexity index is 495. The summed E-state index contributed by atoms with van der Waals surface area (Å²) < 4.78 is 0. The van der Waals surface area contributed by atoms with Crippen molar-refractivity contribution in [2.45, 2.75) is 24.9 Å². The van der Waals surface area contributed by atoms with Crippen molar-refractivity contribution in [3.05, 3.63) is 35.9 Å². The normalized spacial score (nSPS) is 12.6. The van der Waals surface area contributed by atoms with Crippen LogP contribution in [0, 0.1) is 0 Å². The van der Waals surface area contributed by atoms with Gasteiger partial charge in [0.05, 0.1) is 24.5 Å². The van der Waals surface area contributed by atoms with Gasteiger partial charge in [-0.05, 0) is 12.0 Å². The number of hydrogen-bond donors (Lipinski definition) is 3. The number of aliphatic carboxylic acids is 2. The summed E-state index contributed by atoms with van der Waals surface area (Å²) >= 11 is 0. The molecular formula is C13H15KN2O5. The summed E-state index contributed by atoms with van der Waals surface area (Å²) in [6.07, 6.45) is -0.536. The SMILES string of the molecule is N[C@@H](CC(=O)O)C(=O)N[C@@H](Cc1ccccc1)C(=O)[O-].[K+]. The van der Waals surface area contributed by atoms with Crippen LogP contribution in [-0.4, -0.2) is 35.0 Å². The third-order valence-electron chi connectivity index (χ3n) is 2.61. The van der Waals surface area contributed by atoms with Gasteiger partial charge in [-0.25, -0.2) is 0 Å². The molecule has 0 fully saturated rings. The minimum atomic E-state index is -1.45. The van der Waals surface area contributed by atoms with E-state index in [2.05, 4.69) is 5.32 Å². The molecule has 7 nitrogen and oxygen atoms in total. The average Bonchev–Trinajstić information content (AvgIpc) is 2.38. The maximum atomic E-state index is 11.6. The van der Waals surface area contributed by atoms with Crippen LogP contribution in [0.4, 0.5) is 0 Å². The molecule has 8 heteroatoms. The molecule has 0 radical (unpaired) electrons. The number of carboxylic acid groups (broad SMARTS) is 2. The smallest absolute Gasteiger partial charge is 0.548 e. The summed E-state index contributed by atoms with van der Waals surface area (Å²) in [6, 6.07) is 6.10. The number of nitrogens with two attached hydrogens (primary N) is 1. The molecule has 0 spiro atoms. The zero-order valence-corrected chi connectivity index (χ0v) is 14.7. The second-order valence-corrected chi connectivity index (χ2v) is 4.27. The summed E-state index contributed by atoms with van der Waals surface area (Å²) in [5.41, 5.74) is 6.06. The van der Waals surface area contributed by atoms with Crippen LogP contribution in [0.15, 0.2) is 30.3 Å². The maximum absolute atomic E-state index is 11.6. The zero-order valence-electron chi connectivity index (χ0n) is 11.6. The monoisotopic (exact) mass is 318 g/mol. The molecule has 108 valence electrons. The van der Waals surface area contributed by atoms with Gasteiger partial charge in [0.15, 0.2) is 0 Å². The Labute approximate surface area is 164 Å². The first kappa shape index (κ1) is 20.2. The van der Waals surface area contributed by atoms with Gasteiger partial charge in [-0.15, -0.1) is 0 Å². The van der Waals surface area contributed by atoms with Crippen molar-refractivity contribution in [2.75, 3.05) is 0 Å². The Kier molecular flexibility index (Phi) is 9.67. The van der Waals surface area contributed by atoms with E-state index in [0.717, 1.165) is 0 Å². The summed E-state index contributed by atoms with van der Waals surface area (Å²) in [7, 11) is 0. The van der Waals surface area contributed by atoms with Crippen LogP contribution in [0.3, 0.4) is 0 Å². The van der Waals surface area contributed by atoms with Gasteiger partial charge < -0.3 is 26.1 Å². The van der Waals surface area contributed by atoms with Crippen LogP contribution < -0.4 is 67.5 Å². The molecule has 0 aliphatic rings. The van der Waals surface area contributed by atoms with Gasteiger partial charge in [-0.2, -0.15) is 0 Å². The molecule has 1 rings (SSSR count). The Morgan fingerprint density at radius 1 is 1.24 bits per heavy atom. The third kappa shape index (κ3) is 7.70. The van der Waals surface area contributed by atoms with Gasteiger partial charge in [0.2, 0.25) is 5.91 Å². The summed E-state index contributed by atoms with van der Waals surface area (Å²) in [4.78, 5) is 33.0. The molecule has 1 aromatic carbocycles. The minimum absolute atomic E-state index is 0. The Balaban J connectivity index is 0.00000400. The van der Waals surface area contributed by atoms with Crippen molar-refractivity contribution in [1.29, 1.82) is 0 Å². The molecule has 0 aliphatic heterocycles. The standard InChI is InChI=1S/C13H16N2O5.K/c14-9(7-11(16)17)12(18)15-10(13(19)20)6-8-4-2-1-3-5-8;/h1-5,9-10H,6-7,14H2,(H,15,18)(H,16,17)(H,19,20);/q;+1/p-1/t9-,10-;/m0./s1.